The van der Waals surface area contributed by atoms with Gasteiger partial charge >= 0.3 is 0 Å². The third-order valence-corrected chi connectivity index (χ3v) is 7.77. The second kappa shape index (κ2) is 11.9. The molecule has 216 valence electrons. The fraction of sp³-hybridized carbons (Fsp3) is 0.290. The Balaban J connectivity index is 1.16. The molecule has 2 saturated heterocycles. The molecule has 2 aliphatic heterocycles. The van der Waals surface area contributed by atoms with E-state index in [0.717, 1.165) is 25.3 Å². The number of carbonyl (C=O) groups excluding carboxylic acids is 1. The lowest BCUT2D eigenvalue weighted by Crippen LogP contribution is -2.71. The molecule has 2 aromatic carbocycles. The first-order chi connectivity index (χ1) is 20.4. The van der Waals surface area contributed by atoms with Crippen LogP contribution in [0.3, 0.4) is 0 Å². The Labute approximate surface area is 249 Å². The Bertz CT molecular complexity index is 1600. The maximum atomic E-state index is 12.3. The lowest BCUT2D eigenvalue weighted by Gasteiger charge is -2.59. The zero-order chi connectivity index (χ0) is 29.1. The molecule has 0 unspecified atom stereocenters. The van der Waals surface area contributed by atoms with E-state index in [1.165, 1.54) is 25.5 Å². The number of halogens is 1. The average Bonchev–Trinajstić information content (AvgIpc) is 2.95. The molecule has 6 rings (SSSR count). The zero-order valence-electron chi connectivity index (χ0n) is 23.3. The summed E-state index contributed by atoms with van der Waals surface area (Å²) in [7, 11) is 2.16. The highest BCUT2D eigenvalue weighted by Crippen LogP contribution is 2.39. The number of amides is 1. The first kappa shape index (κ1) is 27.9. The van der Waals surface area contributed by atoms with Crippen LogP contribution in [0.25, 0.3) is 10.9 Å². The monoisotopic (exact) mass is 585 g/mol. The maximum Gasteiger partial charge on any atom is 0.247 e. The number of nitrogens with zero attached hydrogens (tertiary/aromatic N) is 5. The van der Waals surface area contributed by atoms with Gasteiger partial charge < -0.3 is 25.0 Å². The summed E-state index contributed by atoms with van der Waals surface area (Å²) in [5.41, 5.74) is 3.18. The van der Waals surface area contributed by atoms with Crippen molar-refractivity contribution in [2.24, 2.45) is 5.41 Å². The van der Waals surface area contributed by atoms with Crippen molar-refractivity contribution in [1.82, 2.24) is 24.8 Å². The number of carbonyl (C=O) groups is 1. The summed E-state index contributed by atoms with van der Waals surface area (Å²) in [6.45, 7) is 9.73. The summed E-state index contributed by atoms with van der Waals surface area (Å²) in [6.07, 6.45) is 4.43. The summed E-state index contributed by atoms with van der Waals surface area (Å²) < 4.78 is 12.0. The second-order valence-electron chi connectivity index (χ2n) is 10.9. The molecule has 2 fully saturated rings. The summed E-state index contributed by atoms with van der Waals surface area (Å²) in [6, 6.07) is 14.7. The van der Waals surface area contributed by atoms with Gasteiger partial charge in [0.2, 0.25) is 5.91 Å². The van der Waals surface area contributed by atoms with Crippen LogP contribution in [0.15, 0.2) is 73.7 Å². The number of hydrogen-bond acceptors (Lipinski definition) is 9. The Morgan fingerprint density at radius 1 is 1.07 bits per heavy atom. The van der Waals surface area contributed by atoms with Gasteiger partial charge in [0.25, 0.3) is 0 Å². The SMILES string of the molecule is C=CC(=O)Nc1cc2c(Nc3ccc(OCc4ccccn4)c(Cl)c3)ncnc2cc1OCCN1CC2(CN(C)C2)C1. The van der Waals surface area contributed by atoms with Gasteiger partial charge in [0.15, 0.2) is 0 Å². The van der Waals surface area contributed by atoms with E-state index in [1.807, 2.05) is 36.4 Å². The van der Waals surface area contributed by atoms with Crippen LogP contribution < -0.4 is 20.1 Å². The minimum atomic E-state index is -0.336. The Kier molecular flexibility index (Phi) is 7.92. The molecule has 0 atom stereocenters. The van der Waals surface area contributed by atoms with Gasteiger partial charge in [0, 0.05) is 61.5 Å². The van der Waals surface area contributed by atoms with Crippen molar-refractivity contribution in [2.75, 3.05) is 57.0 Å². The number of fused-ring (bicyclic) bond motifs is 1. The number of nitrogens with one attached hydrogen (secondary N) is 2. The number of benzene rings is 2. The molecule has 2 aromatic heterocycles. The number of hydrogen-bond donors (Lipinski definition) is 2. The van der Waals surface area contributed by atoms with E-state index >= 15 is 0 Å². The van der Waals surface area contributed by atoms with Crippen molar-refractivity contribution in [3.05, 3.63) is 84.4 Å². The molecular weight excluding hydrogens is 554 g/mol. The summed E-state index contributed by atoms with van der Waals surface area (Å²) in [4.78, 5) is 30.2. The highest BCUT2D eigenvalue weighted by molar-refractivity contribution is 6.32. The van der Waals surface area contributed by atoms with Crippen LogP contribution in [0.4, 0.5) is 17.2 Å². The van der Waals surface area contributed by atoms with E-state index in [4.69, 9.17) is 21.1 Å². The normalized spacial score (nSPS) is 16.0. The van der Waals surface area contributed by atoms with Gasteiger partial charge in [-0.25, -0.2) is 9.97 Å². The molecule has 4 heterocycles. The van der Waals surface area contributed by atoms with Crippen molar-refractivity contribution >= 4 is 45.6 Å². The Hall–Kier alpha value is -4.25. The smallest absolute Gasteiger partial charge is 0.247 e. The molecule has 42 heavy (non-hydrogen) atoms. The van der Waals surface area contributed by atoms with Gasteiger partial charge in [-0.05, 0) is 49.5 Å². The zero-order valence-corrected chi connectivity index (χ0v) is 24.1. The summed E-state index contributed by atoms with van der Waals surface area (Å²) >= 11 is 6.52. The van der Waals surface area contributed by atoms with E-state index in [0.29, 0.717) is 63.2 Å². The van der Waals surface area contributed by atoms with Gasteiger partial charge in [-0.2, -0.15) is 0 Å². The van der Waals surface area contributed by atoms with Crippen LogP contribution in [-0.4, -0.2) is 77.0 Å². The third-order valence-electron chi connectivity index (χ3n) is 7.47. The Morgan fingerprint density at radius 2 is 1.93 bits per heavy atom. The minimum Gasteiger partial charge on any atom is -0.490 e. The van der Waals surface area contributed by atoms with E-state index in [9.17, 15) is 4.79 Å². The quantitative estimate of drug-likeness (QED) is 0.241. The van der Waals surface area contributed by atoms with Gasteiger partial charge in [0.05, 0.1) is 21.9 Å². The van der Waals surface area contributed by atoms with Crippen LogP contribution in [-0.2, 0) is 11.4 Å². The van der Waals surface area contributed by atoms with E-state index in [-0.39, 0.29) is 5.91 Å². The first-order valence-corrected chi connectivity index (χ1v) is 14.1. The topological polar surface area (TPSA) is 105 Å². The molecule has 0 aliphatic carbocycles. The molecule has 0 saturated carbocycles. The van der Waals surface area contributed by atoms with Crippen molar-refractivity contribution < 1.29 is 14.3 Å². The predicted octanol–water partition coefficient (Wildman–Crippen LogP) is 4.75. The number of rotatable bonds is 11. The van der Waals surface area contributed by atoms with Crippen LogP contribution in [0.2, 0.25) is 5.02 Å². The Morgan fingerprint density at radius 3 is 2.67 bits per heavy atom. The fourth-order valence-corrected chi connectivity index (χ4v) is 5.93. The van der Waals surface area contributed by atoms with Crippen LogP contribution in [0.1, 0.15) is 5.69 Å². The van der Waals surface area contributed by atoms with Crippen LogP contribution in [0, 0.1) is 5.41 Å². The van der Waals surface area contributed by atoms with Crippen LogP contribution in [0.5, 0.6) is 11.5 Å². The maximum absolute atomic E-state index is 12.3. The molecular formula is C31H32ClN7O3. The average molecular weight is 586 g/mol. The van der Waals surface area contributed by atoms with E-state index in [2.05, 4.69) is 49.0 Å². The molecule has 2 N–H and O–H groups in total. The fourth-order valence-electron chi connectivity index (χ4n) is 5.70. The predicted molar refractivity (Wildman–Crippen MR) is 164 cm³/mol. The number of pyridine rings is 1. The highest BCUT2D eigenvalue weighted by atomic mass is 35.5. The van der Waals surface area contributed by atoms with E-state index in [1.54, 1.807) is 18.3 Å². The second-order valence-corrected chi connectivity index (χ2v) is 11.3. The number of anilines is 3. The van der Waals surface area contributed by atoms with Crippen molar-refractivity contribution in [1.29, 1.82) is 0 Å². The molecule has 10 nitrogen and oxygen atoms in total. The van der Waals surface area contributed by atoms with Gasteiger partial charge in [-0.3, -0.25) is 14.7 Å². The van der Waals surface area contributed by atoms with Crippen LogP contribution >= 0.6 is 11.6 Å². The standard InChI is InChI=1S/C31H32ClN7O3/c1-3-29(40)37-26-13-23-25(14-28(26)41-11-10-39-18-31(19-39)16-38(2)17-31)34-20-35-30(23)36-21-7-8-27(24(32)12-21)42-15-22-6-4-5-9-33-22/h3-9,12-14,20H,1,10-11,15-19H2,2H3,(H,37,40)(H,34,35,36). The highest BCUT2D eigenvalue weighted by Gasteiger charge is 2.49. The molecule has 2 aliphatic rings. The molecule has 11 heteroatoms. The lowest BCUT2D eigenvalue weighted by molar-refractivity contribution is -0.111. The molecule has 0 bridgehead atoms. The molecule has 1 spiro atoms. The number of ether oxygens (including phenoxy) is 2. The van der Waals surface area contributed by atoms with Crippen molar-refractivity contribution in [3.63, 3.8) is 0 Å². The van der Waals surface area contributed by atoms with Gasteiger partial charge in [0.1, 0.15) is 36.9 Å². The number of likely N-dealkylation sites (tertiary alicyclic amines) is 2. The molecule has 1 amide bonds. The largest absolute Gasteiger partial charge is 0.490 e. The van der Waals surface area contributed by atoms with Gasteiger partial charge in [-0.1, -0.05) is 24.2 Å². The minimum absolute atomic E-state index is 0.309. The summed E-state index contributed by atoms with van der Waals surface area (Å²) in [5.74, 6) is 1.30. The molecule has 0 radical (unpaired) electrons. The number of aromatic nitrogens is 3. The van der Waals surface area contributed by atoms with Crippen molar-refractivity contribution in [3.8, 4) is 11.5 Å². The summed E-state index contributed by atoms with van der Waals surface area (Å²) in [5, 5.41) is 7.32. The molecule has 4 aromatic rings. The van der Waals surface area contributed by atoms with E-state index < -0.39 is 0 Å². The lowest BCUT2D eigenvalue weighted by atomic mass is 9.73. The third kappa shape index (κ3) is 6.15. The first-order valence-electron chi connectivity index (χ1n) is 13.7. The van der Waals surface area contributed by atoms with Gasteiger partial charge in [-0.15, -0.1) is 0 Å². The van der Waals surface area contributed by atoms with Crippen molar-refractivity contribution in [2.45, 2.75) is 6.61 Å².